The van der Waals surface area contributed by atoms with E-state index in [0.29, 0.717) is 23.4 Å². The Bertz CT molecular complexity index is 1740. The maximum absolute atomic E-state index is 14.8. The third-order valence-corrected chi connectivity index (χ3v) is 10.9. The number of hydrogen-bond acceptors (Lipinski definition) is 10. The van der Waals surface area contributed by atoms with E-state index in [2.05, 4.69) is 27.1 Å². The standard InChI is InChI=1S/C33H39ClN6O6S/c1-4-45-29-8-6-5-7-26(29)33(36-32(42)46-39-19-17-38(18-20-39)25-13-15-37(3)16-14-25)27-21-24(34)10-11-28(27)40(31(33)41)47(43,44)30-12-9-23(2)22-35-30/h5-12,21-22,25H,4,13-20H2,1-3H3,(H,36,42). The molecule has 12 nitrogen and oxygen atoms in total. The number of sulfonamides is 1. The minimum atomic E-state index is -4.54. The molecule has 1 unspecified atom stereocenters. The van der Waals surface area contributed by atoms with E-state index in [4.69, 9.17) is 21.2 Å². The summed E-state index contributed by atoms with van der Waals surface area (Å²) in [5.74, 6) is -0.664. The average molecular weight is 683 g/mol. The Hall–Kier alpha value is -3.75. The first-order valence-electron chi connectivity index (χ1n) is 15.8. The van der Waals surface area contributed by atoms with Crippen LogP contribution in [0.4, 0.5) is 10.5 Å². The molecule has 2 saturated heterocycles. The number of piperazine rings is 1. The van der Waals surface area contributed by atoms with Crippen LogP contribution in [0.2, 0.25) is 5.02 Å². The van der Waals surface area contributed by atoms with Gasteiger partial charge in [-0.25, -0.2) is 9.78 Å². The fourth-order valence-electron chi connectivity index (χ4n) is 6.62. The number of carbonyl (C=O) groups is 2. The van der Waals surface area contributed by atoms with Crippen molar-refractivity contribution in [1.29, 1.82) is 0 Å². The number of hydroxylamine groups is 2. The van der Waals surface area contributed by atoms with E-state index in [0.717, 1.165) is 44.6 Å². The Morgan fingerprint density at radius 1 is 1.02 bits per heavy atom. The first-order valence-corrected chi connectivity index (χ1v) is 17.6. The van der Waals surface area contributed by atoms with Crippen molar-refractivity contribution in [2.75, 3.05) is 57.2 Å². The Balaban J connectivity index is 1.35. The first kappa shape index (κ1) is 33.2. The zero-order chi connectivity index (χ0) is 33.3. The normalized spacial score (nSPS) is 21.4. The van der Waals surface area contributed by atoms with Crippen LogP contribution in [0.3, 0.4) is 0 Å². The van der Waals surface area contributed by atoms with Crippen LogP contribution in [0.1, 0.15) is 36.5 Å². The lowest BCUT2D eigenvalue weighted by molar-refractivity contribution is -0.133. The minimum absolute atomic E-state index is 0.0279. The number of carbonyl (C=O) groups excluding carboxylic acids is 2. The molecule has 6 rings (SSSR count). The number of nitrogens with one attached hydrogen (secondary N) is 1. The van der Waals surface area contributed by atoms with Crippen LogP contribution < -0.4 is 14.4 Å². The fraction of sp³-hybridized carbons (Fsp3) is 0.424. The number of anilines is 1. The molecule has 250 valence electrons. The topological polar surface area (TPSA) is 125 Å². The number of aromatic nitrogens is 1. The van der Waals surface area contributed by atoms with Crippen LogP contribution in [0.25, 0.3) is 0 Å². The van der Waals surface area contributed by atoms with Gasteiger partial charge in [-0.05, 0) is 82.7 Å². The lowest BCUT2D eigenvalue weighted by Crippen LogP contribution is -2.57. The number of ether oxygens (including phenoxy) is 1. The van der Waals surface area contributed by atoms with Crippen molar-refractivity contribution < 1.29 is 27.6 Å². The Morgan fingerprint density at radius 3 is 2.43 bits per heavy atom. The number of rotatable bonds is 8. The number of pyridine rings is 1. The van der Waals surface area contributed by atoms with Crippen LogP contribution in [-0.4, -0.2) is 99.2 Å². The van der Waals surface area contributed by atoms with Crippen molar-refractivity contribution >= 4 is 39.3 Å². The highest BCUT2D eigenvalue weighted by atomic mass is 35.5. The van der Waals surface area contributed by atoms with Gasteiger partial charge in [0.25, 0.3) is 15.9 Å². The highest BCUT2D eigenvalue weighted by Gasteiger charge is 2.59. The summed E-state index contributed by atoms with van der Waals surface area (Å²) in [4.78, 5) is 43.4. The van der Waals surface area contributed by atoms with Crippen LogP contribution >= 0.6 is 11.6 Å². The summed E-state index contributed by atoms with van der Waals surface area (Å²) in [5.41, 5.74) is -0.909. The number of likely N-dealkylation sites (tertiary alicyclic amines) is 1. The SMILES string of the molecule is CCOc1ccccc1C1(NC(=O)ON2CCN(C3CCN(C)CC3)CC2)C(=O)N(S(=O)(=O)c2ccc(C)cn2)c2ccc(Cl)cc21. The van der Waals surface area contributed by atoms with Crippen LogP contribution in [-0.2, 0) is 25.2 Å². The van der Waals surface area contributed by atoms with Gasteiger partial charge in [0, 0.05) is 54.6 Å². The smallest absolute Gasteiger partial charge is 0.427 e. The van der Waals surface area contributed by atoms with Gasteiger partial charge in [-0.2, -0.15) is 12.7 Å². The largest absolute Gasteiger partial charge is 0.493 e. The molecule has 4 heterocycles. The molecule has 0 bridgehead atoms. The van der Waals surface area contributed by atoms with Crippen LogP contribution in [0, 0.1) is 6.92 Å². The maximum atomic E-state index is 14.8. The molecule has 3 aromatic rings. The summed E-state index contributed by atoms with van der Waals surface area (Å²) < 4.78 is 34.9. The van der Waals surface area contributed by atoms with E-state index < -0.39 is 27.6 Å². The second kappa shape index (κ2) is 13.4. The van der Waals surface area contributed by atoms with E-state index in [1.807, 2.05) is 0 Å². The summed E-state index contributed by atoms with van der Waals surface area (Å²) in [6.07, 6.45) is 2.69. The number of fused-ring (bicyclic) bond motifs is 1. The highest BCUT2D eigenvalue weighted by Crippen LogP contribution is 2.49. The van der Waals surface area contributed by atoms with Gasteiger partial charge in [0.2, 0.25) is 0 Å². The number of hydrogen-bond donors (Lipinski definition) is 1. The lowest BCUT2D eigenvalue weighted by Gasteiger charge is -2.41. The molecule has 14 heteroatoms. The van der Waals surface area contributed by atoms with Gasteiger partial charge in [-0.1, -0.05) is 35.9 Å². The number of piperidine rings is 1. The number of amides is 2. The van der Waals surface area contributed by atoms with Gasteiger partial charge in [0.15, 0.2) is 10.6 Å². The van der Waals surface area contributed by atoms with Crippen LogP contribution in [0.15, 0.2) is 65.8 Å². The zero-order valence-corrected chi connectivity index (χ0v) is 28.3. The second-order valence-electron chi connectivity index (χ2n) is 12.1. The molecule has 2 aromatic carbocycles. The highest BCUT2D eigenvalue weighted by molar-refractivity contribution is 7.93. The molecule has 2 amide bonds. The summed E-state index contributed by atoms with van der Waals surface area (Å²) in [7, 11) is -2.41. The van der Waals surface area contributed by atoms with Crippen LogP contribution in [0.5, 0.6) is 5.75 Å². The monoisotopic (exact) mass is 682 g/mol. The molecule has 47 heavy (non-hydrogen) atoms. The third-order valence-electron chi connectivity index (χ3n) is 9.05. The van der Waals surface area contributed by atoms with Crippen molar-refractivity contribution in [3.63, 3.8) is 0 Å². The van der Waals surface area contributed by atoms with Crippen molar-refractivity contribution in [2.24, 2.45) is 0 Å². The summed E-state index contributed by atoms with van der Waals surface area (Å²) in [6.45, 7) is 8.36. The number of benzene rings is 2. The predicted octanol–water partition coefficient (Wildman–Crippen LogP) is 3.77. The molecule has 3 aliphatic heterocycles. The fourth-order valence-corrected chi connectivity index (χ4v) is 8.18. The number of halogens is 1. The van der Waals surface area contributed by atoms with Gasteiger partial charge in [0.1, 0.15) is 5.75 Å². The molecule has 1 aromatic heterocycles. The Morgan fingerprint density at radius 2 is 1.74 bits per heavy atom. The molecule has 1 atom stereocenters. The van der Waals surface area contributed by atoms with Gasteiger partial charge in [0.05, 0.1) is 12.3 Å². The predicted molar refractivity (Wildman–Crippen MR) is 177 cm³/mol. The third kappa shape index (κ3) is 6.30. The van der Waals surface area contributed by atoms with E-state index in [1.54, 1.807) is 49.2 Å². The zero-order valence-electron chi connectivity index (χ0n) is 26.7. The quantitative estimate of drug-likeness (QED) is 0.376. The maximum Gasteiger partial charge on any atom is 0.427 e. The molecule has 0 radical (unpaired) electrons. The average Bonchev–Trinajstić information content (AvgIpc) is 3.30. The van der Waals surface area contributed by atoms with Gasteiger partial charge in [-0.3, -0.25) is 15.0 Å². The van der Waals surface area contributed by atoms with Crippen molar-refractivity contribution in [1.82, 2.24) is 25.2 Å². The number of aryl methyl sites for hydroxylation is 1. The molecule has 2 fully saturated rings. The first-order chi connectivity index (χ1) is 22.5. The van der Waals surface area contributed by atoms with E-state index in [9.17, 15) is 18.0 Å². The molecular weight excluding hydrogens is 644 g/mol. The summed E-state index contributed by atoms with van der Waals surface area (Å²) >= 11 is 6.48. The molecule has 0 aliphatic carbocycles. The van der Waals surface area contributed by atoms with Gasteiger partial charge in [-0.15, -0.1) is 5.06 Å². The summed E-state index contributed by atoms with van der Waals surface area (Å²) in [5, 5.41) is 4.28. The molecule has 0 saturated carbocycles. The van der Waals surface area contributed by atoms with Gasteiger partial charge >= 0.3 is 6.09 Å². The summed E-state index contributed by atoms with van der Waals surface area (Å²) in [6, 6.07) is 14.5. The molecule has 0 spiro atoms. The Labute approximate surface area is 280 Å². The molecule has 3 aliphatic rings. The second-order valence-corrected chi connectivity index (χ2v) is 14.3. The minimum Gasteiger partial charge on any atom is -0.493 e. The van der Waals surface area contributed by atoms with Crippen molar-refractivity contribution in [3.05, 3.63) is 82.5 Å². The van der Waals surface area contributed by atoms with E-state index in [1.165, 1.54) is 30.5 Å². The molecular formula is C33H39ClN6O6S. The van der Waals surface area contributed by atoms with E-state index >= 15 is 0 Å². The van der Waals surface area contributed by atoms with E-state index in [-0.39, 0.29) is 39.2 Å². The van der Waals surface area contributed by atoms with Crippen molar-refractivity contribution in [3.8, 4) is 5.75 Å². The van der Waals surface area contributed by atoms with Crippen molar-refractivity contribution in [2.45, 2.75) is 43.3 Å². The lowest BCUT2D eigenvalue weighted by atomic mass is 9.83. The van der Waals surface area contributed by atoms with Gasteiger partial charge < -0.3 is 14.5 Å². The molecule has 1 N–H and O–H groups in total. The Kier molecular flexibility index (Phi) is 9.45. The number of para-hydroxylation sites is 1. The number of nitrogens with zero attached hydrogens (tertiary/aromatic N) is 5.